The molecule has 0 fully saturated rings. The molecule has 0 aliphatic carbocycles. The van der Waals surface area contributed by atoms with Crippen molar-refractivity contribution < 1.29 is 55.0 Å². The summed E-state index contributed by atoms with van der Waals surface area (Å²) in [5, 5.41) is 3.04. The van der Waals surface area contributed by atoms with Gasteiger partial charge < -0.3 is 24.7 Å². The van der Waals surface area contributed by atoms with Crippen LogP contribution in [0, 0.1) is 24.4 Å². The van der Waals surface area contributed by atoms with Crippen molar-refractivity contribution in [2.24, 2.45) is 0 Å². The zero-order chi connectivity index (χ0) is 46.6. The minimum absolute atomic E-state index is 0.0159. The number of aryl methyl sites for hydroxylation is 1. The molecule has 0 atom stereocenters. The van der Waals surface area contributed by atoms with Crippen LogP contribution in [-0.2, 0) is 22.2 Å². The number of hydrogen-bond acceptors (Lipinski definition) is 7. The zero-order valence-corrected chi connectivity index (χ0v) is 35.2. The van der Waals surface area contributed by atoms with Crippen LogP contribution in [0.1, 0.15) is 48.5 Å². The van der Waals surface area contributed by atoms with E-state index < -0.39 is 58.8 Å². The van der Waals surface area contributed by atoms with Crippen molar-refractivity contribution in [2.75, 3.05) is 30.0 Å². The number of ether oxygens (including phenoxy) is 2. The van der Waals surface area contributed by atoms with Crippen molar-refractivity contribution in [3.05, 3.63) is 182 Å². The van der Waals surface area contributed by atoms with Gasteiger partial charge >= 0.3 is 6.18 Å². The van der Waals surface area contributed by atoms with Crippen LogP contribution in [0.5, 0.6) is 11.5 Å². The van der Waals surface area contributed by atoms with Crippen LogP contribution >= 0.6 is 23.2 Å². The topological polar surface area (TPSA) is 131 Å². The molecule has 18 heteroatoms. The van der Waals surface area contributed by atoms with Gasteiger partial charge in [-0.05, 0) is 109 Å². The SMILES string of the molecule is Cc1cc2nc[nH]c2cc1NC(=O)COc1ccc(Cl)cc1C(=O)c1cc(F)cc(C(F)(F)F)c1.O=C(c1cc(F)cc(F)c1)c1cc(Cl)ccc1OCC(=O)N1CCc2ccccc21. The van der Waals surface area contributed by atoms with E-state index in [1.807, 2.05) is 24.3 Å². The van der Waals surface area contributed by atoms with E-state index in [1.165, 1.54) is 42.7 Å². The predicted octanol–water partition coefficient (Wildman–Crippen LogP) is 10.7. The molecule has 1 aromatic heterocycles. The summed E-state index contributed by atoms with van der Waals surface area (Å²) in [6.45, 7) is 1.53. The third kappa shape index (κ3) is 11.0. The normalized spacial score (nSPS) is 12.0. The molecular weight excluding hydrogens is 901 g/mol. The number of para-hydroxylation sites is 1. The van der Waals surface area contributed by atoms with Gasteiger partial charge in [0, 0.05) is 45.2 Å². The Morgan fingerprint density at radius 1 is 0.738 bits per heavy atom. The minimum Gasteiger partial charge on any atom is -0.483 e. The van der Waals surface area contributed by atoms with E-state index in [0.717, 1.165) is 40.9 Å². The highest BCUT2D eigenvalue weighted by Gasteiger charge is 2.32. The van der Waals surface area contributed by atoms with Gasteiger partial charge in [0.1, 0.15) is 29.0 Å². The van der Waals surface area contributed by atoms with Crippen LogP contribution in [0.3, 0.4) is 0 Å². The Balaban J connectivity index is 0.000000196. The van der Waals surface area contributed by atoms with Crippen LogP contribution in [0.2, 0.25) is 10.0 Å². The maximum absolute atomic E-state index is 13.8. The number of carbonyl (C=O) groups excluding carboxylic acids is 4. The number of H-pyrrole nitrogens is 1. The quantitative estimate of drug-likeness (QED) is 0.0975. The Kier molecular flexibility index (Phi) is 13.6. The molecule has 6 aromatic carbocycles. The molecule has 2 amide bonds. The van der Waals surface area contributed by atoms with Crippen LogP contribution in [0.25, 0.3) is 11.0 Å². The zero-order valence-electron chi connectivity index (χ0n) is 33.7. The highest BCUT2D eigenvalue weighted by atomic mass is 35.5. The lowest BCUT2D eigenvalue weighted by molar-refractivity contribution is -0.137. The monoisotopic (exact) mass is 932 g/mol. The summed E-state index contributed by atoms with van der Waals surface area (Å²) in [7, 11) is 0. The van der Waals surface area contributed by atoms with E-state index in [4.69, 9.17) is 32.7 Å². The summed E-state index contributed by atoms with van der Waals surface area (Å²) in [5.74, 6) is -5.38. The lowest BCUT2D eigenvalue weighted by atomic mass is 10.00. The van der Waals surface area contributed by atoms with Gasteiger partial charge in [-0.2, -0.15) is 13.2 Å². The fourth-order valence-electron chi connectivity index (χ4n) is 6.86. The van der Waals surface area contributed by atoms with Crippen molar-refractivity contribution in [2.45, 2.75) is 19.5 Å². The lowest BCUT2D eigenvalue weighted by Crippen LogP contribution is -2.33. The van der Waals surface area contributed by atoms with Crippen molar-refractivity contribution >= 4 is 69.0 Å². The summed E-state index contributed by atoms with van der Waals surface area (Å²) in [6, 6.07) is 23.3. The number of aromatic amines is 1. The Morgan fingerprint density at radius 3 is 1.95 bits per heavy atom. The molecule has 0 radical (unpaired) electrons. The standard InChI is InChI=1S/C24H16ClF4N3O3.C23H16ClF2NO3/c1-12-4-19-20(31-11-30-19)9-18(12)32-22(33)10-35-21-3-2-15(25)8-17(21)23(34)13-5-14(24(27,28)29)7-16(26)6-13;24-16-5-6-21(19(11-16)23(29)15-9-17(25)12-18(26)10-15)30-13-22(28)27-8-7-14-3-1-2-4-20(14)27/h2-9,11H,10H2,1H3,(H,30,31)(H,32,33);1-6,9-12H,7-8,13H2. The smallest absolute Gasteiger partial charge is 0.416 e. The number of aromatic nitrogens is 2. The van der Waals surface area contributed by atoms with Crippen molar-refractivity contribution in [3.8, 4) is 11.5 Å². The number of nitrogens with one attached hydrogen (secondary N) is 2. The van der Waals surface area contributed by atoms with Gasteiger partial charge in [-0.25, -0.2) is 18.2 Å². The van der Waals surface area contributed by atoms with E-state index in [2.05, 4.69) is 15.3 Å². The van der Waals surface area contributed by atoms with Gasteiger partial charge in [-0.15, -0.1) is 0 Å². The molecule has 2 heterocycles. The molecule has 2 N–H and O–H groups in total. The van der Waals surface area contributed by atoms with E-state index in [1.54, 1.807) is 24.0 Å². The Morgan fingerprint density at radius 2 is 1.32 bits per heavy atom. The number of carbonyl (C=O) groups is 4. The number of anilines is 2. The molecule has 0 bridgehead atoms. The van der Waals surface area contributed by atoms with Crippen LogP contribution < -0.4 is 19.7 Å². The number of imidazole rings is 1. The Bertz CT molecular complexity index is 2980. The maximum Gasteiger partial charge on any atom is 0.416 e. The first-order chi connectivity index (χ1) is 30.9. The molecule has 1 aliphatic rings. The number of fused-ring (bicyclic) bond motifs is 2. The summed E-state index contributed by atoms with van der Waals surface area (Å²) >= 11 is 12.0. The van der Waals surface area contributed by atoms with Crippen LogP contribution in [0.4, 0.5) is 37.7 Å². The van der Waals surface area contributed by atoms with Crippen molar-refractivity contribution in [1.29, 1.82) is 0 Å². The minimum atomic E-state index is -4.85. The first-order valence-electron chi connectivity index (χ1n) is 19.3. The van der Waals surface area contributed by atoms with E-state index in [0.29, 0.717) is 42.0 Å². The number of hydrogen-bond donors (Lipinski definition) is 2. The van der Waals surface area contributed by atoms with E-state index in [-0.39, 0.29) is 50.7 Å². The van der Waals surface area contributed by atoms with Gasteiger partial charge in [-0.3, -0.25) is 19.2 Å². The van der Waals surface area contributed by atoms with E-state index in [9.17, 15) is 45.5 Å². The number of alkyl halides is 3. The average Bonchev–Trinajstić information content (AvgIpc) is 3.91. The highest BCUT2D eigenvalue weighted by Crippen LogP contribution is 2.33. The molecule has 10 nitrogen and oxygen atoms in total. The van der Waals surface area contributed by atoms with Crippen molar-refractivity contribution in [1.82, 2.24) is 9.97 Å². The maximum atomic E-state index is 13.8. The van der Waals surface area contributed by atoms with Gasteiger partial charge in [0.15, 0.2) is 24.8 Å². The number of benzene rings is 6. The molecule has 0 saturated heterocycles. The summed E-state index contributed by atoms with van der Waals surface area (Å²) in [4.78, 5) is 59.6. The summed E-state index contributed by atoms with van der Waals surface area (Å²) in [5.41, 5.74) is 2.40. The Labute approximate surface area is 375 Å². The second-order valence-corrected chi connectivity index (χ2v) is 15.3. The summed E-state index contributed by atoms with van der Waals surface area (Å²) in [6.07, 6.45) is -2.56. The molecule has 8 rings (SSSR count). The third-order valence-electron chi connectivity index (χ3n) is 9.92. The van der Waals surface area contributed by atoms with Crippen LogP contribution in [0.15, 0.2) is 116 Å². The van der Waals surface area contributed by atoms with E-state index >= 15 is 0 Å². The number of ketones is 2. The molecule has 332 valence electrons. The second kappa shape index (κ2) is 19.3. The molecule has 65 heavy (non-hydrogen) atoms. The fraction of sp³-hybridized carbons (Fsp3) is 0.128. The van der Waals surface area contributed by atoms with Gasteiger partial charge in [0.05, 0.1) is 34.1 Å². The number of halogens is 8. The summed E-state index contributed by atoms with van der Waals surface area (Å²) < 4.78 is 91.2. The lowest BCUT2D eigenvalue weighted by Gasteiger charge is -2.18. The molecule has 1 aliphatic heterocycles. The molecule has 0 saturated carbocycles. The Hall–Kier alpha value is -7.17. The largest absolute Gasteiger partial charge is 0.483 e. The van der Waals surface area contributed by atoms with Gasteiger partial charge in [0.2, 0.25) is 0 Å². The molecule has 0 spiro atoms. The van der Waals surface area contributed by atoms with Crippen molar-refractivity contribution in [3.63, 3.8) is 0 Å². The second-order valence-electron chi connectivity index (χ2n) is 14.5. The van der Waals surface area contributed by atoms with Gasteiger partial charge in [0.25, 0.3) is 11.8 Å². The predicted molar refractivity (Wildman–Crippen MR) is 230 cm³/mol. The number of rotatable bonds is 11. The first-order valence-corrected chi connectivity index (χ1v) is 20.1. The highest BCUT2D eigenvalue weighted by molar-refractivity contribution is 6.31. The third-order valence-corrected chi connectivity index (χ3v) is 10.4. The molecule has 7 aromatic rings. The molecular formula is C47H32Cl2F6N4O6. The number of amides is 2. The van der Waals surface area contributed by atoms with Gasteiger partial charge in [-0.1, -0.05) is 41.4 Å². The van der Waals surface area contributed by atoms with Crippen LogP contribution in [-0.4, -0.2) is 53.1 Å². The number of nitrogens with zero attached hydrogens (tertiary/aromatic N) is 2. The average molecular weight is 934 g/mol. The first kappa shape index (κ1) is 45.8. The fourth-order valence-corrected chi connectivity index (χ4v) is 7.20. The molecule has 0 unspecified atom stereocenters.